The molecule has 2 heterocycles. The maximum Gasteiger partial charge on any atom is 0.0918 e. The second-order valence-electron chi connectivity index (χ2n) is 5.79. The molecule has 1 aliphatic carbocycles. The van der Waals surface area contributed by atoms with Crippen LogP contribution in [0.2, 0.25) is 0 Å². The molecule has 0 atom stereocenters. The first-order valence-corrected chi connectivity index (χ1v) is 7.45. The van der Waals surface area contributed by atoms with Gasteiger partial charge in [-0.15, -0.1) is 0 Å². The van der Waals surface area contributed by atoms with Gasteiger partial charge in [-0.25, -0.2) is 0 Å². The van der Waals surface area contributed by atoms with Gasteiger partial charge in [-0.2, -0.15) is 10.2 Å². The monoisotopic (exact) mass is 281 g/mol. The molecule has 1 aliphatic rings. The summed E-state index contributed by atoms with van der Waals surface area (Å²) in [6, 6.07) is 9.05. The van der Waals surface area contributed by atoms with Crippen molar-refractivity contribution in [2.75, 3.05) is 0 Å². The minimum atomic E-state index is 0.713. The first-order valence-electron chi connectivity index (χ1n) is 7.45. The summed E-state index contributed by atoms with van der Waals surface area (Å²) in [6.45, 7) is 1.62. The van der Waals surface area contributed by atoms with E-state index >= 15 is 0 Å². The predicted octanol–water partition coefficient (Wildman–Crippen LogP) is 2.07. The van der Waals surface area contributed by atoms with Crippen molar-refractivity contribution in [3.8, 4) is 0 Å². The van der Waals surface area contributed by atoms with E-state index < -0.39 is 0 Å². The molecule has 4 rings (SSSR count). The summed E-state index contributed by atoms with van der Waals surface area (Å²) < 4.78 is 3.91. The Balaban J connectivity index is 1.54. The van der Waals surface area contributed by atoms with Gasteiger partial charge in [0.2, 0.25) is 0 Å². The van der Waals surface area contributed by atoms with Gasteiger partial charge in [0.05, 0.1) is 24.0 Å². The van der Waals surface area contributed by atoms with Gasteiger partial charge in [-0.05, 0) is 18.9 Å². The molecule has 0 spiro atoms. The van der Waals surface area contributed by atoms with Gasteiger partial charge in [-0.3, -0.25) is 9.36 Å². The molecule has 5 heteroatoms. The number of benzene rings is 1. The van der Waals surface area contributed by atoms with Crippen molar-refractivity contribution in [1.29, 1.82) is 0 Å². The topological polar surface area (TPSA) is 47.7 Å². The number of rotatable bonds is 5. The summed E-state index contributed by atoms with van der Waals surface area (Å²) in [5, 5.41) is 13.8. The molecule has 1 N–H and O–H groups in total. The van der Waals surface area contributed by atoms with E-state index in [1.165, 1.54) is 23.8 Å². The highest BCUT2D eigenvalue weighted by molar-refractivity contribution is 5.81. The van der Waals surface area contributed by atoms with Crippen LogP contribution in [0.4, 0.5) is 0 Å². The van der Waals surface area contributed by atoms with Crippen LogP contribution in [0.3, 0.4) is 0 Å². The summed E-state index contributed by atoms with van der Waals surface area (Å²) in [5.41, 5.74) is 3.47. The second-order valence-corrected chi connectivity index (χ2v) is 5.79. The molecule has 1 aromatic carbocycles. The van der Waals surface area contributed by atoms with Crippen molar-refractivity contribution < 1.29 is 0 Å². The number of hydrogen-bond donors (Lipinski definition) is 1. The number of aromatic nitrogens is 4. The number of fused-ring (bicyclic) bond motifs is 1. The first kappa shape index (κ1) is 12.6. The fourth-order valence-corrected chi connectivity index (χ4v) is 2.69. The van der Waals surface area contributed by atoms with Crippen molar-refractivity contribution in [2.45, 2.75) is 32.0 Å². The van der Waals surface area contributed by atoms with Crippen molar-refractivity contribution in [3.05, 3.63) is 47.9 Å². The van der Waals surface area contributed by atoms with E-state index in [1.807, 2.05) is 28.7 Å². The summed E-state index contributed by atoms with van der Waals surface area (Å²) >= 11 is 0. The molecule has 0 amide bonds. The average Bonchev–Trinajstić information content (AvgIpc) is 3.15. The normalized spacial score (nSPS) is 14.9. The lowest BCUT2D eigenvalue weighted by Crippen LogP contribution is -2.14. The lowest BCUT2D eigenvalue weighted by atomic mass is 10.2. The van der Waals surface area contributed by atoms with Crippen LogP contribution in [-0.2, 0) is 20.1 Å². The Labute approximate surface area is 123 Å². The van der Waals surface area contributed by atoms with Gasteiger partial charge in [0.1, 0.15) is 0 Å². The maximum atomic E-state index is 4.62. The molecule has 0 unspecified atom stereocenters. The minimum Gasteiger partial charge on any atom is -0.310 e. The zero-order chi connectivity index (χ0) is 14.2. The fourth-order valence-electron chi connectivity index (χ4n) is 2.69. The highest BCUT2D eigenvalue weighted by Crippen LogP contribution is 2.20. The molecular weight excluding hydrogens is 262 g/mol. The summed E-state index contributed by atoms with van der Waals surface area (Å²) in [4.78, 5) is 0. The SMILES string of the molecule is Cn1nc(Cn2cc(CNC3CC3)cn2)c2ccccc21. The van der Waals surface area contributed by atoms with Crippen LogP contribution in [0, 0.1) is 0 Å². The average molecular weight is 281 g/mol. The predicted molar refractivity (Wildman–Crippen MR) is 81.9 cm³/mol. The van der Waals surface area contributed by atoms with Crippen LogP contribution in [0.15, 0.2) is 36.7 Å². The van der Waals surface area contributed by atoms with Gasteiger partial charge < -0.3 is 5.32 Å². The Hall–Kier alpha value is -2.14. The molecule has 108 valence electrons. The number of nitrogens with zero attached hydrogens (tertiary/aromatic N) is 4. The zero-order valence-corrected chi connectivity index (χ0v) is 12.2. The van der Waals surface area contributed by atoms with Crippen molar-refractivity contribution >= 4 is 10.9 Å². The van der Waals surface area contributed by atoms with Crippen molar-refractivity contribution in [3.63, 3.8) is 0 Å². The largest absolute Gasteiger partial charge is 0.310 e. The molecule has 5 nitrogen and oxygen atoms in total. The lowest BCUT2D eigenvalue weighted by Gasteiger charge is -1.99. The second kappa shape index (κ2) is 5.00. The molecule has 21 heavy (non-hydrogen) atoms. The highest BCUT2D eigenvalue weighted by atomic mass is 15.3. The van der Waals surface area contributed by atoms with E-state index in [-0.39, 0.29) is 0 Å². The number of para-hydroxylation sites is 1. The molecule has 3 aromatic rings. The van der Waals surface area contributed by atoms with Crippen LogP contribution < -0.4 is 5.32 Å². The van der Waals surface area contributed by atoms with Crippen LogP contribution in [-0.4, -0.2) is 25.6 Å². The third-order valence-corrected chi connectivity index (χ3v) is 4.00. The van der Waals surface area contributed by atoms with Crippen molar-refractivity contribution in [2.24, 2.45) is 7.05 Å². The molecule has 0 saturated heterocycles. The fraction of sp³-hybridized carbons (Fsp3) is 0.375. The van der Waals surface area contributed by atoms with E-state index in [1.54, 1.807) is 0 Å². The third kappa shape index (κ3) is 2.56. The van der Waals surface area contributed by atoms with E-state index in [2.05, 4.69) is 39.9 Å². The van der Waals surface area contributed by atoms with Gasteiger partial charge in [0, 0.05) is 36.8 Å². The third-order valence-electron chi connectivity index (χ3n) is 4.00. The van der Waals surface area contributed by atoms with Gasteiger partial charge in [0.25, 0.3) is 0 Å². The number of hydrogen-bond acceptors (Lipinski definition) is 3. The quantitative estimate of drug-likeness (QED) is 0.779. The Bertz CT molecular complexity index is 766. The molecule has 2 aromatic heterocycles. The van der Waals surface area contributed by atoms with Crippen LogP contribution >= 0.6 is 0 Å². The Morgan fingerprint density at radius 2 is 2.14 bits per heavy atom. The molecule has 0 radical (unpaired) electrons. The van der Waals surface area contributed by atoms with Gasteiger partial charge >= 0.3 is 0 Å². The highest BCUT2D eigenvalue weighted by Gasteiger charge is 2.20. The van der Waals surface area contributed by atoms with Crippen LogP contribution in [0.1, 0.15) is 24.1 Å². The van der Waals surface area contributed by atoms with Crippen molar-refractivity contribution in [1.82, 2.24) is 24.9 Å². The lowest BCUT2D eigenvalue weighted by molar-refractivity contribution is 0.652. The minimum absolute atomic E-state index is 0.713. The summed E-state index contributed by atoms with van der Waals surface area (Å²) in [5.74, 6) is 0. The Kier molecular flexibility index (Phi) is 3.00. The van der Waals surface area contributed by atoms with E-state index in [9.17, 15) is 0 Å². The van der Waals surface area contributed by atoms with E-state index in [4.69, 9.17) is 0 Å². The number of nitrogens with one attached hydrogen (secondary N) is 1. The molecular formula is C16H19N5. The molecule has 0 bridgehead atoms. The zero-order valence-electron chi connectivity index (χ0n) is 12.2. The van der Waals surface area contributed by atoms with Gasteiger partial charge in [0.15, 0.2) is 0 Å². The van der Waals surface area contributed by atoms with E-state index in [0.29, 0.717) is 6.54 Å². The smallest absolute Gasteiger partial charge is 0.0918 e. The maximum absolute atomic E-state index is 4.62. The standard InChI is InChI=1S/C16H19N5/c1-20-16-5-3-2-4-14(16)15(19-20)11-21-10-12(9-18-21)8-17-13-6-7-13/h2-5,9-10,13,17H,6-8,11H2,1H3. The van der Waals surface area contributed by atoms with Crippen LogP contribution in [0.5, 0.6) is 0 Å². The molecule has 1 fully saturated rings. The Morgan fingerprint density at radius 3 is 3.00 bits per heavy atom. The van der Waals surface area contributed by atoms with E-state index in [0.717, 1.165) is 23.8 Å². The first-order chi connectivity index (χ1) is 10.3. The Morgan fingerprint density at radius 1 is 1.29 bits per heavy atom. The van der Waals surface area contributed by atoms with Gasteiger partial charge in [-0.1, -0.05) is 18.2 Å². The summed E-state index contributed by atoms with van der Waals surface area (Å²) in [7, 11) is 1.99. The molecule has 1 saturated carbocycles. The number of aryl methyl sites for hydroxylation is 1. The van der Waals surface area contributed by atoms with Crippen LogP contribution in [0.25, 0.3) is 10.9 Å². The molecule has 0 aliphatic heterocycles. The summed E-state index contributed by atoms with van der Waals surface area (Å²) in [6.07, 6.45) is 6.68.